The van der Waals surface area contributed by atoms with E-state index in [-0.39, 0.29) is 17.9 Å². The number of aromatic nitrogens is 2. The van der Waals surface area contributed by atoms with Crippen LogP contribution in [0.4, 0.5) is 0 Å². The second-order valence-corrected chi connectivity index (χ2v) is 7.03. The minimum absolute atomic E-state index is 0.0522. The summed E-state index contributed by atoms with van der Waals surface area (Å²) in [6.45, 7) is 0.907. The molecule has 3 aromatic carbocycles. The zero-order chi connectivity index (χ0) is 20.2. The number of carbonyl (C=O) groups excluding carboxylic acids is 1. The van der Waals surface area contributed by atoms with E-state index in [1.807, 2.05) is 60.7 Å². The maximum absolute atomic E-state index is 12.7. The van der Waals surface area contributed by atoms with Crippen molar-refractivity contribution in [3.8, 4) is 5.75 Å². The van der Waals surface area contributed by atoms with Gasteiger partial charge in [0.2, 0.25) is 5.62 Å². The van der Waals surface area contributed by atoms with Crippen molar-refractivity contribution in [1.29, 1.82) is 5.41 Å². The first-order valence-electron chi connectivity index (χ1n) is 9.33. The van der Waals surface area contributed by atoms with Crippen molar-refractivity contribution in [3.05, 3.63) is 95.1 Å². The molecule has 0 fully saturated rings. The summed E-state index contributed by atoms with van der Waals surface area (Å²) in [5.41, 5.74) is 2.33. The van der Waals surface area contributed by atoms with Gasteiger partial charge < -0.3 is 13.9 Å². The van der Waals surface area contributed by atoms with Crippen molar-refractivity contribution in [1.82, 2.24) is 9.13 Å². The number of hydrogen-bond donors (Lipinski definition) is 1. The van der Waals surface area contributed by atoms with Gasteiger partial charge in [-0.2, -0.15) is 0 Å². The zero-order valence-corrected chi connectivity index (χ0v) is 16.5. The normalized spacial score (nSPS) is 10.9. The number of benzene rings is 3. The quantitative estimate of drug-likeness (QED) is 0.459. The number of hydrogen-bond acceptors (Lipinski definition) is 3. The third-order valence-corrected chi connectivity index (χ3v) is 5.07. The molecule has 0 saturated carbocycles. The number of ether oxygens (including phenoxy) is 1. The maximum atomic E-state index is 12.7. The van der Waals surface area contributed by atoms with E-state index in [4.69, 9.17) is 21.7 Å². The molecule has 6 heteroatoms. The van der Waals surface area contributed by atoms with E-state index < -0.39 is 0 Å². The first-order chi connectivity index (χ1) is 14.1. The summed E-state index contributed by atoms with van der Waals surface area (Å²) in [6.07, 6.45) is 0. The summed E-state index contributed by atoms with van der Waals surface area (Å²) in [6, 6.07) is 24.2. The lowest BCUT2D eigenvalue weighted by atomic mass is 10.1. The lowest BCUT2D eigenvalue weighted by molar-refractivity contribution is 0.0971. The van der Waals surface area contributed by atoms with Crippen LogP contribution in [0.25, 0.3) is 11.0 Å². The van der Waals surface area contributed by atoms with E-state index in [1.54, 1.807) is 27.3 Å². The first-order valence-corrected chi connectivity index (χ1v) is 9.71. The van der Waals surface area contributed by atoms with Crippen LogP contribution in [0, 0.1) is 5.41 Å². The number of carbonyl (C=O) groups is 1. The number of para-hydroxylation sites is 2. The maximum Gasteiger partial charge on any atom is 0.203 e. The Morgan fingerprint density at radius 1 is 0.897 bits per heavy atom. The summed E-state index contributed by atoms with van der Waals surface area (Å²) in [7, 11) is 0. The van der Waals surface area contributed by atoms with E-state index >= 15 is 0 Å². The first kappa shape index (κ1) is 19.0. The molecule has 4 aromatic rings. The predicted molar refractivity (Wildman–Crippen MR) is 114 cm³/mol. The van der Waals surface area contributed by atoms with Gasteiger partial charge in [-0.3, -0.25) is 10.2 Å². The highest BCUT2D eigenvalue weighted by Gasteiger charge is 2.16. The highest BCUT2D eigenvalue weighted by atomic mass is 35.5. The average molecular weight is 406 g/mol. The monoisotopic (exact) mass is 405 g/mol. The second kappa shape index (κ2) is 8.37. The lowest BCUT2D eigenvalue weighted by Crippen LogP contribution is -2.28. The molecule has 0 amide bonds. The van der Waals surface area contributed by atoms with E-state index in [2.05, 4.69) is 0 Å². The van der Waals surface area contributed by atoms with Crippen LogP contribution in [0.3, 0.4) is 0 Å². The topological polar surface area (TPSA) is 60.0 Å². The number of nitrogens with zero attached hydrogens (tertiary/aromatic N) is 2. The summed E-state index contributed by atoms with van der Waals surface area (Å²) in [4.78, 5) is 12.7. The third-order valence-electron chi connectivity index (χ3n) is 4.76. The third kappa shape index (κ3) is 3.96. The number of rotatable bonds is 7. The van der Waals surface area contributed by atoms with Gasteiger partial charge in [0.1, 0.15) is 12.4 Å². The van der Waals surface area contributed by atoms with E-state index in [0.717, 1.165) is 16.8 Å². The van der Waals surface area contributed by atoms with Gasteiger partial charge in [0, 0.05) is 5.56 Å². The van der Waals surface area contributed by atoms with Crippen LogP contribution >= 0.6 is 11.6 Å². The molecule has 0 spiro atoms. The highest BCUT2D eigenvalue weighted by Crippen LogP contribution is 2.23. The molecule has 1 N–H and O–H groups in total. The van der Waals surface area contributed by atoms with Gasteiger partial charge in [0.05, 0.1) is 29.1 Å². The Morgan fingerprint density at radius 2 is 1.59 bits per heavy atom. The van der Waals surface area contributed by atoms with Gasteiger partial charge in [-0.25, -0.2) is 0 Å². The molecule has 0 unspecified atom stereocenters. The number of imidazole rings is 1. The van der Waals surface area contributed by atoms with Crippen molar-refractivity contribution in [2.45, 2.75) is 13.1 Å². The van der Waals surface area contributed by atoms with E-state index in [1.165, 1.54) is 0 Å². The number of Topliss-reactive ketones (excluding diaryl/α,β-unsaturated/α-hetero) is 1. The van der Waals surface area contributed by atoms with E-state index in [9.17, 15) is 4.79 Å². The summed E-state index contributed by atoms with van der Waals surface area (Å²) in [5.74, 6) is 0.720. The average Bonchev–Trinajstić information content (AvgIpc) is 3.02. The molecule has 0 aliphatic rings. The number of halogens is 1. The molecular formula is C23H20ClN3O2. The van der Waals surface area contributed by atoms with Crippen LogP contribution in [-0.4, -0.2) is 21.5 Å². The smallest absolute Gasteiger partial charge is 0.203 e. The van der Waals surface area contributed by atoms with Crippen LogP contribution in [0.5, 0.6) is 5.75 Å². The Balaban J connectivity index is 1.65. The molecule has 1 aromatic heterocycles. The fourth-order valence-electron chi connectivity index (χ4n) is 3.36. The minimum Gasteiger partial charge on any atom is -0.492 e. The zero-order valence-electron chi connectivity index (χ0n) is 15.7. The van der Waals surface area contributed by atoms with Crippen molar-refractivity contribution < 1.29 is 9.53 Å². The minimum atomic E-state index is -0.0522. The molecule has 146 valence electrons. The molecule has 1 heterocycles. The molecule has 4 rings (SSSR count). The van der Waals surface area contributed by atoms with Gasteiger partial charge in [0.25, 0.3) is 0 Å². The van der Waals surface area contributed by atoms with Crippen molar-refractivity contribution in [2.24, 2.45) is 0 Å². The van der Waals surface area contributed by atoms with Gasteiger partial charge in [-0.15, -0.1) is 0 Å². The summed E-state index contributed by atoms with van der Waals surface area (Å²) >= 11 is 6.45. The Bertz CT molecular complexity index is 1200. The molecule has 5 nitrogen and oxygen atoms in total. The Morgan fingerprint density at radius 3 is 2.31 bits per heavy atom. The number of fused-ring (bicyclic) bond motifs is 1. The number of nitrogens with one attached hydrogen (secondary N) is 1. The largest absolute Gasteiger partial charge is 0.492 e. The molecule has 0 bridgehead atoms. The van der Waals surface area contributed by atoms with Crippen molar-refractivity contribution in [3.63, 3.8) is 0 Å². The molecule has 29 heavy (non-hydrogen) atoms. The van der Waals surface area contributed by atoms with Gasteiger partial charge >= 0.3 is 0 Å². The highest BCUT2D eigenvalue weighted by molar-refractivity contribution is 6.35. The molecule has 0 aliphatic heterocycles. The molecule has 0 saturated heterocycles. The Kier molecular flexibility index (Phi) is 5.49. The molecule has 0 radical (unpaired) electrons. The van der Waals surface area contributed by atoms with Crippen LogP contribution in [0.15, 0.2) is 78.9 Å². The molecular weight excluding hydrogens is 386 g/mol. The fourth-order valence-corrected chi connectivity index (χ4v) is 3.63. The SMILES string of the molecule is N=c1n(CC(=O)c2ccccc2)c2cccc(Cl)c2n1CCOc1ccccc1. The lowest BCUT2D eigenvalue weighted by Gasteiger charge is -2.08. The van der Waals surface area contributed by atoms with Crippen LogP contribution in [-0.2, 0) is 13.1 Å². The molecule has 0 aliphatic carbocycles. The molecule has 0 atom stereocenters. The summed E-state index contributed by atoms with van der Waals surface area (Å²) < 4.78 is 9.27. The number of ketones is 1. The van der Waals surface area contributed by atoms with Gasteiger partial charge in [-0.05, 0) is 24.3 Å². The Labute approximate surface area is 173 Å². The van der Waals surface area contributed by atoms with Crippen LogP contribution in [0.2, 0.25) is 5.02 Å². The van der Waals surface area contributed by atoms with Crippen molar-refractivity contribution in [2.75, 3.05) is 6.61 Å². The standard InChI is InChI=1S/C23H20ClN3O2/c24-19-12-7-13-20-22(19)26(14-15-29-18-10-5-2-6-11-18)23(25)27(20)16-21(28)17-8-3-1-4-9-17/h1-13,25H,14-16H2. The van der Waals surface area contributed by atoms with E-state index in [0.29, 0.717) is 23.7 Å². The van der Waals surface area contributed by atoms with Gasteiger partial charge in [-0.1, -0.05) is 66.2 Å². The second-order valence-electron chi connectivity index (χ2n) is 6.62. The fraction of sp³-hybridized carbons (Fsp3) is 0.130. The predicted octanol–water partition coefficient (Wildman–Crippen LogP) is 4.54. The van der Waals surface area contributed by atoms with Crippen molar-refractivity contribution >= 4 is 28.4 Å². The van der Waals surface area contributed by atoms with Gasteiger partial charge in [0.15, 0.2) is 5.78 Å². The van der Waals surface area contributed by atoms with Crippen LogP contribution < -0.4 is 10.4 Å². The summed E-state index contributed by atoms with van der Waals surface area (Å²) in [5, 5.41) is 9.21. The Hall–Kier alpha value is -3.31. The van der Waals surface area contributed by atoms with Crippen LogP contribution in [0.1, 0.15) is 10.4 Å².